The Morgan fingerprint density at radius 1 is 1.21 bits per heavy atom. The lowest BCUT2D eigenvalue weighted by molar-refractivity contribution is 0.561. The first kappa shape index (κ1) is 16.1. The van der Waals surface area contributed by atoms with E-state index in [-0.39, 0.29) is 5.41 Å². The van der Waals surface area contributed by atoms with Crippen molar-refractivity contribution >= 4 is 14.7 Å². The summed E-state index contributed by atoms with van der Waals surface area (Å²) in [6.07, 6.45) is 2.40. The van der Waals surface area contributed by atoms with Gasteiger partial charge in [0.25, 0.3) is 0 Å². The van der Waals surface area contributed by atoms with Crippen LogP contribution in [0.3, 0.4) is 0 Å². The molecule has 2 nitrogen and oxygen atoms in total. The summed E-state index contributed by atoms with van der Waals surface area (Å²) in [5.41, 5.74) is 2.64. The predicted octanol–water partition coefficient (Wildman–Crippen LogP) is 4.56. The fourth-order valence-electron chi connectivity index (χ4n) is 1.89. The number of nitrogens with one attached hydrogen (secondary N) is 1. The van der Waals surface area contributed by atoms with Gasteiger partial charge < -0.3 is 9.74 Å². The van der Waals surface area contributed by atoms with E-state index < -0.39 is 9.04 Å². The molecule has 19 heavy (non-hydrogen) atoms. The third-order valence-electron chi connectivity index (χ3n) is 3.06. The van der Waals surface area contributed by atoms with E-state index in [0.717, 1.165) is 18.0 Å². The van der Waals surface area contributed by atoms with Crippen LogP contribution in [-0.4, -0.2) is 15.6 Å². The van der Waals surface area contributed by atoms with Gasteiger partial charge in [0.1, 0.15) is 5.75 Å². The van der Waals surface area contributed by atoms with Gasteiger partial charge in [-0.3, -0.25) is 0 Å². The van der Waals surface area contributed by atoms with E-state index in [4.69, 9.17) is 4.43 Å². The Morgan fingerprint density at radius 3 is 2.42 bits per heavy atom. The molecule has 0 heterocycles. The molecule has 0 aromatic heterocycles. The Kier molecular flexibility index (Phi) is 5.92. The minimum atomic E-state index is -1.08. The maximum atomic E-state index is 6.09. The molecule has 108 valence electrons. The standard InChI is InChI=1S/C16H29NOSi/c1-7-8-11-17-14-10-9-13(16(2,3)4)12-15(14)18-19(5)6/h9-10,12,17,19H,7-8,11H2,1-6H3. The van der Waals surface area contributed by atoms with E-state index in [1.807, 2.05) is 0 Å². The van der Waals surface area contributed by atoms with Crippen LogP contribution in [0.1, 0.15) is 46.1 Å². The van der Waals surface area contributed by atoms with Crippen LogP contribution in [-0.2, 0) is 5.41 Å². The molecule has 0 bridgehead atoms. The van der Waals surface area contributed by atoms with E-state index in [0.29, 0.717) is 0 Å². The molecule has 0 saturated heterocycles. The molecule has 0 spiro atoms. The Labute approximate surface area is 120 Å². The van der Waals surface area contributed by atoms with E-state index in [1.165, 1.54) is 18.4 Å². The van der Waals surface area contributed by atoms with E-state index in [9.17, 15) is 0 Å². The van der Waals surface area contributed by atoms with Gasteiger partial charge in [-0.15, -0.1) is 0 Å². The molecule has 1 aromatic carbocycles. The molecule has 0 unspecified atom stereocenters. The van der Waals surface area contributed by atoms with Gasteiger partial charge in [-0.1, -0.05) is 40.2 Å². The van der Waals surface area contributed by atoms with E-state index >= 15 is 0 Å². The minimum absolute atomic E-state index is 0.165. The van der Waals surface area contributed by atoms with Crippen LogP contribution >= 0.6 is 0 Å². The van der Waals surface area contributed by atoms with Crippen LogP contribution in [0.15, 0.2) is 18.2 Å². The molecular weight excluding hydrogens is 250 g/mol. The average Bonchev–Trinajstić information content (AvgIpc) is 2.29. The Balaban J connectivity index is 2.95. The molecule has 1 N–H and O–H groups in total. The topological polar surface area (TPSA) is 21.3 Å². The Hall–Kier alpha value is -0.963. The fraction of sp³-hybridized carbons (Fsp3) is 0.625. The van der Waals surface area contributed by atoms with Gasteiger partial charge >= 0.3 is 0 Å². The fourth-order valence-corrected chi connectivity index (χ4v) is 2.59. The zero-order valence-electron chi connectivity index (χ0n) is 13.3. The van der Waals surface area contributed by atoms with Crippen molar-refractivity contribution in [3.8, 4) is 5.75 Å². The lowest BCUT2D eigenvalue weighted by atomic mass is 9.87. The van der Waals surface area contributed by atoms with Gasteiger partial charge in [-0.25, -0.2) is 0 Å². The zero-order valence-corrected chi connectivity index (χ0v) is 14.5. The van der Waals surface area contributed by atoms with Gasteiger partial charge in [-0.05, 0) is 42.6 Å². The van der Waals surface area contributed by atoms with Gasteiger partial charge in [0.05, 0.1) is 5.69 Å². The average molecular weight is 280 g/mol. The number of hydrogen-bond acceptors (Lipinski definition) is 2. The molecule has 0 radical (unpaired) electrons. The highest BCUT2D eigenvalue weighted by Crippen LogP contribution is 2.32. The summed E-state index contributed by atoms with van der Waals surface area (Å²) < 4.78 is 6.09. The highest BCUT2D eigenvalue weighted by molar-refractivity contribution is 6.49. The molecule has 0 amide bonds. The highest BCUT2D eigenvalue weighted by Gasteiger charge is 2.16. The second-order valence-electron chi connectivity index (χ2n) is 6.41. The smallest absolute Gasteiger partial charge is 0.229 e. The summed E-state index contributed by atoms with van der Waals surface area (Å²) in [5, 5.41) is 3.50. The molecular formula is C16H29NOSi. The summed E-state index contributed by atoms with van der Waals surface area (Å²) in [7, 11) is -1.08. The highest BCUT2D eigenvalue weighted by atomic mass is 28.3. The summed E-state index contributed by atoms with van der Waals surface area (Å²) in [4.78, 5) is 0. The van der Waals surface area contributed by atoms with Crippen molar-refractivity contribution < 1.29 is 4.43 Å². The Bertz CT molecular complexity index is 396. The van der Waals surface area contributed by atoms with Crippen molar-refractivity contribution in [2.24, 2.45) is 0 Å². The van der Waals surface area contributed by atoms with Crippen LogP contribution in [0.2, 0.25) is 13.1 Å². The molecule has 0 aliphatic carbocycles. The van der Waals surface area contributed by atoms with Crippen molar-refractivity contribution in [1.82, 2.24) is 0 Å². The molecule has 1 rings (SSSR count). The van der Waals surface area contributed by atoms with Gasteiger partial charge in [0.15, 0.2) is 0 Å². The third-order valence-corrected chi connectivity index (χ3v) is 3.78. The molecule has 0 aliphatic heterocycles. The number of benzene rings is 1. The number of rotatable bonds is 6. The van der Waals surface area contributed by atoms with Crippen LogP contribution in [0, 0.1) is 0 Å². The molecule has 1 aromatic rings. The number of anilines is 1. The normalized spacial score (nSPS) is 11.7. The number of unbranched alkanes of at least 4 members (excludes halogenated alkanes) is 1. The van der Waals surface area contributed by atoms with E-state index in [2.05, 4.69) is 64.3 Å². The van der Waals surface area contributed by atoms with E-state index in [1.54, 1.807) is 0 Å². The largest absolute Gasteiger partial charge is 0.546 e. The lowest BCUT2D eigenvalue weighted by Crippen LogP contribution is -2.16. The first-order valence-electron chi connectivity index (χ1n) is 7.39. The second kappa shape index (κ2) is 6.99. The maximum Gasteiger partial charge on any atom is 0.229 e. The SMILES string of the molecule is CCCCNc1ccc(C(C)(C)C)cc1O[SiH](C)C. The lowest BCUT2D eigenvalue weighted by Gasteiger charge is -2.23. The van der Waals surface area contributed by atoms with Gasteiger partial charge in [0.2, 0.25) is 9.04 Å². The van der Waals surface area contributed by atoms with Crippen molar-refractivity contribution in [1.29, 1.82) is 0 Å². The molecule has 0 fully saturated rings. The monoisotopic (exact) mass is 279 g/mol. The third kappa shape index (κ3) is 5.27. The summed E-state index contributed by atoms with van der Waals surface area (Å²) >= 11 is 0. The van der Waals surface area contributed by atoms with Crippen molar-refractivity contribution in [2.75, 3.05) is 11.9 Å². The summed E-state index contributed by atoms with van der Waals surface area (Å²) in [6, 6.07) is 6.59. The van der Waals surface area contributed by atoms with Crippen molar-refractivity contribution in [3.63, 3.8) is 0 Å². The quantitative estimate of drug-likeness (QED) is 0.609. The summed E-state index contributed by atoms with van der Waals surface area (Å²) in [5.74, 6) is 1.03. The first-order valence-corrected chi connectivity index (χ1v) is 10.2. The number of hydrogen-bond donors (Lipinski definition) is 1. The Morgan fingerprint density at radius 2 is 1.89 bits per heavy atom. The zero-order chi connectivity index (χ0) is 14.5. The molecule has 0 atom stereocenters. The van der Waals surface area contributed by atoms with Crippen molar-refractivity contribution in [2.45, 2.75) is 59.0 Å². The van der Waals surface area contributed by atoms with Crippen LogP contribution in [0.4, 0.5) is 5.69 Å². The predicted molar refractivity (Wildman–Crippen MR) is 88.0 cm³/mol. The summed E-state index contributed by atoms with van der Waals surface area (Å²) in [6.45, 7) is 14.4. The second-order valence-corrected chi connectivity index (χ2v) is 8.74. The molecule has 3 heteroatoms. The van der Waals surface area contributed by atoms with Crippen molar-refractivity contribution in [3.05, 3.63) is 23.8 Å². The first-order chi connectivity index (χ1) is 8.84. The van der Waals surface area contributed by atoms with Crippen LogP contribution < -0.4 is 9.74 Å². The molecule has 0 saturated carbocycles. The van der Waals surface area contributed by atoms with Crippen LogP contribution in [0.25, 0.3) is 0 Å². The van der Waals surface area contributed by atoms with Gasteiger partial charge in [-0.2, -0.15) is 0 Å². The maximum absolute atomic E-state index is 6.09. The van der Waals surface area contributed by atoms with Gasteiger partial charge in [0, 0.05) is 6.54 Å². The van der Waals surface area contributed by atoms with Crippen LogP contribution in [0.5, 0.6) is 5.75 Å². The molecule has 0 aliphatic rings. The minimum Gasteiger partial charge on any atom is -0.546 e.